The van der Waals surface area contributed by atoms with Crippen LogP contribution in [0, 0.1) is 0 Å². The van der Waals surface area contributed by atoms with Gasteiger partial charge in [-0.25, -0.2) is 4.98 Å². The minimum atomic E-state index is -0.0231. The molecule has 1 N–H and O–H groups in total. The number of fused-ring (bicyclic) bond motifs is 1. The molecule has 2 aromatic rings. The van der Waals surface area contributed by atoms with E-state index in [1.165, 1.54) is 0 Å². The molecule has 0 radical (unpaired) electrons. The summed E-state index contributed by atoms with van der Waals surface area (Å²) in [4.78, 5) is 22.2. The number of aromatic nitrogens is 4. The number of nitrogens with one attached hydrogen (secondary N) is 1. The van der Waals surface area contributed by atoms with Crippen molar-refractivity contribution in [1.82, 2.24) is 24.6 Å². The Morgan fingerprint density at radius 1 is 1.42 bits per heavy atom. The van der Waals surface area contributed by atoms with Gasteiger partial charge in [-0.3, -0.25) is 9.48 Å². The molecule has 128 valence electrons. The molecule has 24 heavy (non-hydrogen) atoms. The van der Waals surface area contributed by atoms with Crippen molar-refractivity contribution in [1.29, 1.82) is 0 Å². The normalized spacial score (nSPS) is 23.9. The summed E-state index contributed by atoms with van der Waals surface area (Å²) in [5, 5.41) is 4.61. The number of hydrogen-bond donors (Lipinski definition) is 1. The lowest BCUT2D eigenvalue weighted by Gasteiger charge is -2.38. The smallest absolute Gasteiger partial charge is 0.274 e. The van der Waals surface area contributed by atoms with Gasteiger partial charge >= 0.3 is 0 Å². The fourth-order valence-electron chi connectivity index (χ4n) is 3.80. The second-order valence-corrected chi connectivity index (χ2v) is 6.70. The van der Waals surface area contributed by atoms with Crippen LogP contribution in [-0.4, -0.2) is 49.7 Å². The SMILES string of the molecule is CCn1nc(C(=O)N2CC(c3ncc[nH]3)C2)c2c1[C@H](C)O[C@H](C)C2. The first-order valence-electron chi connectivity index (χ1n) is 8.62. The highest BCUT2D eigenvalue weighted by Crippen LogP contribution is 2.34. The van der Waals surface area contributed by atoms with Crippen molar-refractivity contribution in [2.45, 2.75) is 51.9 Å². The average molecular weight is 329 g/mol. The molecule has 2 aliphatic heterocycles. The highest BCUT2D eigenvalue weighted by Gasteiger charge is 2.38. The molecule has 2 aromatic heterocycles. The van der Waals surface area contributed by atoms with Crippen molar-refractivity contribution < 1.29 is 9.53 Å². The predicted octanol–water partition coefficient (Wildman–Crippen LogP) is 1.89. The summed E-state index contributed by atoms with van der Waals surface area (Å²) in [6, 6.07) is 0. The van der Waals surface area contributed by atoms with Gasteiger partial charge in [0.05, 0.1) is 23.8 Å². The number of likely N-dealkylation sites (tertiary alicyclic amines) is 1. The number of aryl methyl sites for hydroxylation is 1. The van der Waals surface area contributed by atoms with Crippen molar-refractivity contribution in [3.63, 3.8) is 0 Å². The van der Waals surface area contributed by atoms with Crippen LogP contribution in [0.3, 0.4) is 0 Å². The standard InChI is InChI=1S/C17H23N5O2/c1-4-22-15-11(3)24-10(2)7-13(15)14(20-22)17(23)21-8-12(9-21)16-18-5-6-19-16/h5-6,10-12H,4,7-9H2,1-3H3,(H,18,19)/t10-,11+/m1/s1. The number of rotatable bonds is 3. The molecule has 0 bridgehead atoms. The van der Waals surface area contributed by atoms with Crippen LogP contribution in [0.25, 0.3) is 0 Å². The van der Waals surface area contributed by atoms with Crippen molar-refractivity contribution in [3.05, 3.63) is 35.2 Å². The summed E-state index contributed by atoms with van der Waals surface area (Å²) in [5.41, 5.74) is 2.73. The van der Waals surface area contributed by atoms with Gasteiger partial charge in [0.25, 0.3) is 5.91 Å². The van der Waals surface area contributed by atoms with Crippen LogP contribution < -0.4 is 0 Å². The number of aromatic amines is 1. The van der Waals surface area contributed by atoms with Crippen LogP contribution >= 0.6 is 0 Å². The summed E-state index contributed by atoms with van der Waals surface area (Å²) in [5.74, 6) is 1.28. The Bertz CT molecular complexity index is 745. The highest BCUT2D eigenvalue weighted by molar-refractivity contribution is 5.94. The van der Waals surface area contributed by atoms with Gasteiger partial charge in [-0.05, 0) is 20.8 Å². The van der Waals surface area contributed by atoms with Gasteiger partial charge in [-0.1, -0.05) is 0 Å². The van der Waals surface area contributed by atoms with Gasteiger partial charge in [0.1, 0.15) is 5.82 Å². The Morgan fingerprint density at radius 3 is 2.88 bits per heavy atom. The first kappa shape index (κ1) is 15.4. The highest BCUT2D eigenvalue weighted by atomic mass is 16.5. The number of hydrogen-bond acceptors (Lipinski definition) is 4. The molecule has 0 unspecified atom stereocenters. The molecular formula is C17H23N5O2. The fraction of sp³-hybridized carbons (Fsp3) is 0.588. The Labute approximate surface area is 141 Å². The van der Waals surface area contributed by atoms with E-state index in [2.05, 4.69) is 15.1 Å². The Balaban J connectivity index is 1.57. The van der Waals surface area contributed by atoms with Gasteiger partial charge in [0, 0.05) is 44.0 Å². The summed E-state index contributed by atoms with van der Waals surface area (Å²) in [7, 11) is 0. The number of carbonyl (C=O) groups is 1. The zero-order valence-corrected chi connectivity index (χ0v) is 14.3. The summed E-state index contributed by atoms with van der Waals surface area (Å²) >= 11 is 0. The van der Waals surface area contributed by atoms with Crippen molar-refractivity contribution in [2.24, 2.45) is 0 Å². The Morgan fingerprint density at radius 2 is 2.21 bits per heavy atom. The third kappa shape index (κ3) is 2.34. The molecule has 4 heterocycles. The van der Waals surface area contributed by atoms with Crippen LogP contribution in [0.2, 0.25) is 0 Å². The molecule has 2 atom stereocenters. The summed E-state index contributed by atoms with van der Waals surface area (Å²) in [6.45, 7) is 8.26. The lowest BCUT2D eigenvalue weighted by Crippen LogP contribution is -2.49. The van der Waals surface area contributed by atoms with E-state index in [1.807, 2.05) is 36.5 Å². The molecule has 7 heteroatoms. The second-order valence-electron chi connectivity index (χ2n) is 6.70. The molecule has 0 aromatic carbocycles. The van der Waals surface area contributed by atoms with Gasteiger partial charge in [-0.15, -0.1) is 0 Å². The van der Waals surface area contributed by atoms with Crippen LogP contribution in [0.1, 0.15) is 60.4 Å². The minimum Gasteiger partial charge on any atom is -0.369 e. The number of imidazole rings is 1. The lowest BCUT2D eigenvalue weighted by atomic mass is 9.96. The van der Waals surface area contributed by atoms with E-state index >= 15 is 0 Å². The van der Waals surface area contributed by atoms with E-state index in [0.29, 0.717) is 24.7 Å². The number of carbonyl (C=O) groups excluding carboxylic acids is 1. The van der Waals surface area contributed by atoms with Gasteiger partial charge in [-0.2, -0.15) is 5.10 Å². The fourth-order valence-corrected chi connectivity index (χ4v) is 3.80. The van der Waals surface area contributed by atoms with Crippen LogP contribution in [-0.2, 0) is 17.7 Å². The van der Waals surface area contributed by atoms with Gasteiger partial charge in [0.15, 0.2) is 5.69 Å². The van der Waals surface area contributed by atoms with E-state index in [9.17, 15) is 4.79 Å². The molecule has 7 nitrogen and oxygen atoms in total. The number of nitrogens with zero attached hydrogens (tertiary/aromatic N) is 4. The zero-order chi connectivity index (χ0) is 16.8. The van der Waals surface area contributed by atoms with Crippen LogP contribution in [0.4, 0.5) is 0 Å². The number of ether oxygens (including phenoxy) is 1. The molecular weight excluding hydrogens is 306 g/mol. The minimum absolute atomic E-state index is 0.0231. The molecule has 1 fully saturated rings. The summed E-state index contributed by atoms with van der Waals surface area (Å²) < 4.78 is 7.84. The maximum Gasteiger partial charge on any atom is 0.274 e. The second kappa shape index (κ2) is 5.73. The van der Waals surface area contributed by atoms with E-state index < -0.39 is 0 Å². The van der Waals surface area contributed by atoms with Crippen molar-refractivity contribution in [3.8, 4) is 0 Å². The third-order valence-corrected chi connectivity index (χ3v) is 4.98. The van der Waals surface area contributed by atoms with Crippen molar-refractivity contribution in [2.75, 3.05) is 13.1 Å². The largest absolute Gasteiger partial charge is 0.369 e. The monoisotopic (exact) mass is 329 g/mol. The van der Waals surface area contributed by atoms with E-state index in [1.54, 1.807) is 6.20 Å². The van der Waals surface area contributed by atoms with Gasteiger partial charge in [0.2, 0.25) is 0 Å². The molecule has 4 rings (SSSR count). The molecule has 0 spiro atoms. The lowest BCUT2D eigenvalue weighted by molar-refractivity contribution is -0.00955. The van der Waals surface area contributed by atoms with E-state index in [4.69, 9.17) is 4.74 Å². The molecule has 0 aliphatic carbocycles. The predicted molar refractivity (Wildman–Crippen MR) is 87.8 cm³/mol. The van der Waals surface area contributed by atoms with E-state index in [0.717, 1.165) is 30.0 Å². The molecule has 1 amide bonds. The Kier molecular flexibility index (Phi) is 3.68. The quantitative estimate of drug-likeness (QED) is 0.933. The van der Waals surface area contributed by atoms with E-state index in [-0.39, 0.29) is 18.1 Å². The topological polar surface area (TPSA) is 76.0 Å². The van der Waals surface area contributed by atoms with Crippen molar-refractivity contribution >= 4 is 5.91 Å². The first-order chi connectivity index (χ1) is 11.6. The average Bonchev–Trinajstić information content (AvgIpc) is 3.12. The number of amides is 1. The first-order valence-corrected chi connectivity index (χ1v) is 8.62. The van der Waals surface area contributed by atoms with Gasteiger partial charge < -0.3 is 14.6 Å². The molecule has 0 saturated carbocycles. The maximum atomic E-state index is 12.9. The third-order valence-electron chi connectivity index (χ3n) is 4.98. The number of H-pyrrole nitrogens is 1. The Hall–Kier alpha value is -2.15. The molecule has 1 saturated heterocycles. The molecule has 2 aliphatic rings. The van der Waals surface area contributed by atoms with Crippen LogP contribution in [0.15, 0.2) is 12.4 Å². The summed E-state index contributed by atoms with van der Waals surface area (Å²) in [6.07, 6.45) is 4.41. The maximum absolute atomic E-state index is 12.9. The van der Waals surface area contributed by atoms with Crippen LogP contribution in [0.5, 0.6) is 0 Å². The zero-order valence-electron chi connectivity index (χ0n) is 14.3.